The standard InChI is InChI=1S/C23H26N8O8S3/c1-23(2,20(36)37)39-29-13(10-6-26-21(25)42-10)16(32)28-14-17(33)31-15(19(34)35)9(7-40-18(14)31)8-41-22-27-11(24)5-12(38-4)30(22)3/h5-6,14,18,24H,7-8H2,1-4H3,(H5,25,26,28,29,32,34,35,36,37)/p+1. The molecule has 0 aliphatic carbocycles. The molecule has 0 spiro atoms. The van der Waals surface area contributed by atoms with E-state index in [2.05, 4.69) is 20.4 Å². The van der Waals surface area contributed by atoms with Crippen molar-refractivity contribution in [2.45, 2.75) is 36.0 Å². The number of amides is 2. The predicted molar refractivity (Wildman–Crippen MR) is 153 cm³/mol. The number of anilines is 2. The number of carboxylic acid groups (broad SMARTS) is 2. The zero-order chi connectivity index (χ0) is 30.9. The van der Waals surface area contributed by atoms with Gasteiger partial charge in [-0.1, -0.05) is 16.5 Å². The third-order valence-electron chi connectivity index (χ3n) is 6.09. The number of aliphatic carboxylic acids is 2. The Kier molecular flexibility index (Phi) is 8.83. The first-order valence-electron chi connectivity index (χ1n) is 12.0. The van der Waals surface area contributed by atoms with Gasteiger partial charge in [-0.05, 0) is 36.2 Å². The van der Waals surface area contributed by atoms with Crippen LogP contribution in [-0.4, -0.2) is 90.2 Å². The summed E-state index contributed by atoms with van der Waals surface area (Å²) in [5.74, 6) is -2.93. The number of β-lactam (4-membered cyclic amide) rings is 1. The van der Waals surface area contributed by atoms with Crippen LogP contribution in [0.4, 0.5) is 10.9 Å². The van der Waals surface area contributed by atoms with Gasteiger partial charge >= 0.3 is 17.1 Å². The first-order valence-corrected chi connectivity index (χ1v) is 14.9. The van der Waals surface area contributed by atoms with Gasteiger partial charge in [-0.3, -0.25) is 14.5 Å². The molecule has 224 valence electrons. The van der Waals surface area contributed by atoms with Crippen LogP contribution in [-0.2, 0) is 31.1 Å². The largest absolute Gasteiger partial charge is 0.478 e. The molecule has 2 atom stereocenters. The zero-order valence-electron chi connectivity index (χ0n) is 22.7. The van der Waals surface area contributed by atoms with E-state index in [1.54, 1.807) is 17.7 Å². The number of carbonyl (C=O) groups is 4. The van der Waals surface area contributed by atoms with Crippen molar-refractivity contribution in [3.8, 4) is 5.88 Å². The lowest BCUT2D eigenvalue weighted by molar-refractivity contribution is -0.717. The zero-order valence-corrected chi connectivity index (χ0v) is 25.1. The summed E-state index contributed by atoms with van der Waals surface area (Å²) in [6.45, 7) is 2.49. The summed E-state index contributed by atoms with van der Waals surface area (Å²) in [6.07, 6.45) is 1.26. The highest BCUT2D eigenvalue weighted by atomic mass is 32.2. The average molecular weight is 640 g/mol. The third-order valence-corrected chi connectivity index (χ3v) is 9.38. The Morgan fingerprint density at radius 1 is 1.33 bits per heavy atom. The molecule has 42 heavy (non-hydrogen) atoms. The fourth-order valence-electron chi connectivity index (χ4n) is 3.81. The number of ether oxygens (including phenoxy) is 1. The number of thioether (sulfide) groups is 2. The maximum atomic E-state index is 13.2. The van der Waals surface area contributed by atoms with E-state index in [0.717, 1.165) is 16.2 Å². The molecule has 2 aliphatic heterocycles. The molecule has 2 amide bonds. The van der Waals surface area contributed by atoms with Gasteiger partial charge in [0.2, 0.25) is 11.4 Å². The van der Waals surface area contributed by atoms with Crippen molar-refractivity contribution in [1.82, 2.24) is 20.2 Å². The fraction of sp³-hybridized carbons (Fsp3) is 0.391. The number of fused-ring (bicyclic) bond motifs is 1. The van der Waals surface area contributed by atoms with E-state index in [1.807, 2.05) is 0 Å². The molecule has 1 saturated heterocycles. The Bertz CT molecular complexity index is 1520. The fourth-order valence-corrected chi connectivity index (χ4v) is 6.94. The Morgan fingerprint density at radius 3 is 2.64 bits per heavy atom. The second kappa shape index (κ2) is 12.0. The van der Waals surface area contributed by atoms with Gasteiger partial charge in [-0.2, -0.15) is 4.57 Å². The molecule has 4 heterocycles. The van der Waals surface area contributed by atoms with Crippen LogP contribution in [0.5, 0.6) is 5.88 Å². The van der Waals surface area contributed by atoms with Crippen molar-refractivity contribution >= 4 is 75.3 Å². The van der Waals surface area contributed by atoms with E-state index in [0.29, 0.717) is 16.6 Å². The number of hydrogen-bond acceptors (Lipinski definition) is 14. The maximum absolute atomic E-state index is 13.2. The molecular weight excluding hydrogens is 613 g/mol. The molecule has 0 bridgehead atoms. The Balaban J connectivity index is 1.53. The van der Waals surface area contributed by atoms with Gasteiger partial charge in [0, 0.05) is 17.7 Å². The van der Waals surface area contributed by atoms with E-state index in [-0.39, 0.29) is 38.7 Å². The van der Waals surface area contributed by atoms with Crippen LogP contribution in [0.1, 0.15) is 18.7 Å². The topological polar surface area (TPSA) is 237 Å². The first kappa shape index (κ1) is 30.8. The van der Waals surface area contributed by atoms with Crippen LogP contribution in [0.25, 0.3) is 0 Å². The summed E-state index contributed by atoms with van der Waals surface area (Å²) in [5, 5.41) is 25.5. The summed E-state index contributed by atoms with van der Waals surface area (Å²) in [6, 6.07) is 0.478. The van der Waals surface area contributed by atoms with Crippen LogP contribution in [0.15, 0.2) is 33.8 Å². The highest BCUT2D eigenvalue weighted by Gasteiger charge is 2.54. The lowest BCUT2D eigenvalue weighted by Crippen LogP contribution is -2.71. The van der Waals surface area contributed by atoms with Crippen molar-refractivity contribution < 1.29 is 43.5 Å². The van der Waals surface area contributed by atoms with E-state index in [9.17, 15) is 29.4 Å². The molecule has 2 unspecified atom stereocenters. The van der Waals surface area contributed by atoms with Crippen LogP contribution in [0, 0.1) is 0 Å². The van der Waals surface area contributed by atoms with Gasteiger partial charge in [0.05, 0.1) is 25.1 Å². The molecule has 7 N–H and O–H groups in total. The van der Waals surface area contributed by atoms with E-state index in [4.69, 9.17) is 21.0 Å². The predicted octanol–water partition coefficient (Wildman–Crippen LogP) is -0.350. The van der Waals surface area contributed by atoms with Crippen molar-refractivity contribution in [3.63, 3.8) is 0 Å². The molecule has 0 aromatic carbocycles. The number of rotatable bonds is 11. The van der Waals surface area contributed by atoms with Crippen molar-refractivity contribution in [2.24, 2.45) is 12.2 Å². The molecule has 0 saturated carbocycles. The number of hydrogen-bond donors (Lipinski definition) is 5. The lowest BCUT2D eigenvalue weighted by Gasteiger charge is -2.49. The average Bonchev–Trinajstić information content (AvgIpc) is 3.36. The molecule has 2 aromatic heterocycles. The number of nitrogen functional groups attached to an aromatic ring is 2. The van der Waals surface area contributed by atoms with Gasteiger partial charge in [0.25, 0.3) is 17.7 Å². The number of methoxy groups -OCH3 is 1. The maximum Gasteiger partial charge on any atom is 0.364 e. The quantitative estimate of drug-likeness (QED) is 0.0528. The number of oxime groups is 1. The number of carbonyl (C=O) groups excluding carboxylic acids is 2. The van der Waals surface area contributed by atoms with E-state index in [1.165, 1.54) is 50.7 Å². The van der Waals surface area contributed by atoms with Gasteiger partial charge in [0.1, 0.15) is 17.1 Å². The summed E-state index contributed by atoms with van der Waals surface area (Å²) in [4.78, 5) is 64.7. The highest BCUT2D eigenvalue weighted by Crippen LogP contribution is 2.41. The molecule has 0 radical (unpaired) electrons. The van der Waals surface area contributed by atoms with Gasteiger partial charge < -0.3 is 36.6 Å². The minimum atomic E-state index is -1.76. The van der Waals surface area contributed by atoms with Crippen molar-refractivity contribution in [3.05, 3.63) is 28.4 Å². The summed E-state index contributed by atoms with van der Waals surface area (Å²) in [7, 11) is 3.21. The van der Waals surface area contributed by atoms with E-state index < -0.39 is 40.8 Å². The summed E-state index contributed by atoms with van der Waals surface area (Å²) in [5.41, 5.74) is 9.76. The minimum Gasteiger partial charge on any atom is -0.478 e. The van der Waals surface area contributed by atoms with Crippen LogP contribution in [0.3, 0.4) is 0 Å². The van der Waals surface area contributed by atoms with Crippen molar-refractivity contribution in [1.29, 1.82) is 0 Å². The lowest BCUT2D eigenvalue weighted by atomic mass is 10.0. The molecule has 16 nitrogen and oxygen atoms in total. The molecule has 4 rings (SSSR count). The van der Waals surface area contributed by atoms with Crippen LogP contribution >= 0.6 is 34.9 Å². The Labute approximate surface area is 251 Å². The molecule has 19 heteroatoms. The van der Waals surface area contributed by atoms with Crippen molar-refractivity contribution in [2.75, 3.05) is 30.1 Å². The third kappa shape index (κ3) is 6.07. The molecule has 2 aliphatic rings. The van der Waals surface area contributed by atoms with Crippen LogP contribution < -0.4 is 26.1 Å². The summed E-state index contributed by atoms with van der Waals surface area (Å²) >= 11 is 3.42. The number of nitrogens with two attached hydrogens (primary N) is 2. The number of aromatic nitrogens is 3. The molecule has 2 aromatic rings. The second-order valence-electron chi connectivity index (χ2n) is 9.38. The van der Waals surface area contributed by atoms with Gasteiger partial charge in [-0.25, -0.2) is 14.6 Å². The Hall–Kier alpha value is -4.10. The number of carboxylic acids is 2. The SMILES string of the molecule is COc1cc(N)nc(SCC2=C(C(=O)O)N3C(=O)C(NC(=O)/C(=N\OC(C)(C)C(=O)O)c4cnc(N)s4)C3SC2)[n+]1C. The normalized spacial score (nSPS) is 18.7. The van der Waals surface area contributed by atoms with Gasteiger partial charge in [0.15, 0.2) is 10.8 Å². The highest BCUT2D eigenvalue weighted by molar-refractivity contribution is 8.01. The molecule has 1 fully saturated rings. The number of thiazole rings is 1. The number of nitrogens with one attached hydrogen (secondary N) is 1. The second-order valence-corrected chi connectivity index (χ2v) is 12.5. The molecular formula is C23H27N8O8S3+. The minimum absolute atomic E-state index is 0.124. The van der Waals surface area contributed by atoms with Crippen LogP contribution in [0.2, 0.25) is 0 Å². The van der Waals surface area contributed by atoms with E-state index >= 15 is 0 Å². The Morgan fingerprint density at radius 2 is 2.05 bits per heavy atom. The first-order chi connectivity index (χ1) is 19.7. The summed E-state index contributed by atoms with van der Waals surface area (Å²) < 4.78 is 6.95. The number of nitrogens with zero attached hydrogens (tertiary/aromatic N) is 5. The van der Waals surface area contributed by atoms with Gasteiger partial charge in [-0.15, -0.1) is 11.8 Å². The monoisotopic (exact) mass is 639 g/mol. The smallest absolute Gasteiger partial charge is 0.364 e.